The number of aldehydes is 1. The SMILES string of the molecule is CC1=NOC(C=O)c2ccccc21. The maximum absolute atomic E-state index is 10.6. The zero-order valence-electron chi connectivity index (χ0n) is 7.23. The number of oxime groups is 1. The molecule has 0 N–H and O–H groups in total. The van der Waals surface area contributed by atoms with E-state index in [-0.39, 0.29) is 0 Å². The first-order valence-corrected chi connectivity index (χ1v) is 4.08. The van der Waals surface area contributed by atoms with E-state index >= 15 is 0 Å². The van der Waals surface area contributed by atoms with E-state index in [4.69, 9.17) is 4.84 Å². The summed E-state index contributed by atoms with van der Waals surface area (Å²) in [6, 6.07) is 7.63. The Morgan fingerprint density at radius 2 is 2.23 bits per heavy atom. The van der Waals surface area contributed by atoms with Crippen molar-refractivity contribution in [2.45, 2.75) is 13.0 Å². The summed E-state index contributed by atoms with van der Waals surface area (Å²) in [5, 5.41) is 3.81. The molecule has 0 spiro atoms. The summed E-state index contributed by atoms with van der Waals surface area (Å²) in [6.45, 7) is 1.86. The third-order valence-corrected chi connectivity index (χ3v) is 2.08. The number of nitrogens with zero attached hydrogens (tertiary/aromatic N) is 1. The third-order valence-electron chi connectivity index (χ3n) is 2.08. The molecule has 1 aromatic rings. The second-order valence-electron chi connectivity index (χ2n) is 2.93. The van der Waals surface area contributed by atoms with Crippen LogP contribution in [-0.4, -0.2) is 12.0 Å². The van der Waals surface area contributed by atoms with E-state index in [1.807, 2.05) is 31.2 Å². The molecule has 0 saturated carbocycles. The van der Waals surface area contributed by atoms with Crippen molar-refractivity contribution in [2.75, 3.05) is 0 Å². The molecule has 66 valence electrons. The Morgan fingerprint density at radius 1 is 1.46 bits per heavy atom. The van der Waals surface area contributed by atoms with E-state index in [0.717, 1.165) is 23.1 Å². The van der Waals surface area contributed by atoms with E-state index in [9.17, 15) is 4.79 Å². The van der Waals surface area contributed by atoms with Crippen LogP contribution in [0, 0.1) is 0 Å². The molecule has 0 saturated heterocycles. The number of benzene rings is 1. The van der Waals surface area contributed by atoms with Gasteiger partial charge in [-0.15, -0.1) is 0 Å². The summed E-state index contributed by atoms with van der Waals surface area (Å²) >= 11 is 0. The van der Waals surface area contributed by atoms with Crippen LogP contribution in [0.3, 0.4) is 0 Å². The monoisotopic (exact) mass is 175 g/mol. The maximum atomic E-state index is 10.6. The zero-order chi connectivity index (χ0) is 9.26. The van der Waals surface area contributed by atoms with Gasteiger partial charge in [-0.3, -0.25) is 4.79 Å². The Balaban J connectivity index is 2.56. The largest absolute Gasteiger partial charge is 0.380 e. The van der Waals surface area contributed by atoms with Crippen molar-refractivity contribution in [3.8, 4) is 0 Å². The molecule has 0 radical (unpaired) electrons. The lowest BCUT2D eigenvalue weighted by molar-refractivity contribution is -0.118. The van der Waals surface area contributed by atoms with Gasteiger partial charge in [0.2, 0.25) is 6.10 Å². The average Bonchev–Trinajstić information content (AvgIpc) is 2.19. The van der Waals surface area contributed by atoms with Gasteiger partial charge in [-0.05, 0) is 6.92 Å². The molecule has 1 aromatic carbocycles. The fraction of sp³-hybridized carbons (Fsp3) is 0.200. The molecule has 0 bridgehead atoms. The van der Waals surface area contributed by atoms with E-state index in [2.05, 4.69) is 5.16 Å². The number of carbonyl (C=O) groups is 1. The molecule has 0 aliphatic carbocycles. The van der Waals surface area contributed by atoms with E-state index in [1.165, 1.54) is 0 Å². The first-order valence-electron chi connectivity index (χ1n) is 4.08. The number of hydrogen-bond donors (Lipinski definition) is 0. The van der Waals surface area contributed by atoms with Crippen LogP contribution in [-0.2, 0) is 9.63 Å². The molecular weight excluding hydrogens is 166 g/mol. The minimum Gasteiger partial charge on any atom is -0.380 e. The Hall–Kier alpha value is -1.64. The normalized spacial score (nSPS) is 19.8. The topological polar surface area (TPSA) is 38.7 Å². The molecule has 3 heteroatoms. The second kappa shape index (κ2) is 3.01. The molecule has 13 heavy (non-hydrogen) atoms. The van der Waals surface area contributed by atoms with Gasteiger partial charge in [0, 0.05) is 11.1 Å². The molecule has 1 aliphatic heterocycles. The summed E-state index contributed by atoms with van der Waals surface area (Å²) in [5.74, 6) is 0. The van der Waals surface area contributed by atoms with Gasteiger partial charge in [-0.25, -0.2) is 0 Å². The van der Waals surface area contributed by atoms with Crippen molar-refractivity contribution in [1.29, 1.82) is 0 Å². The van der Waals surface area contributed by atoms with Crippen LogP contribution in [0.5, 0.6) is 0 Å². The minimum absolute atomic E-state index is 0.542. The number of carbonyl (C=O) groups excluding carboxylic acids is 1. The Labute approximate surface area is 76.0 Å². The quantitative estimate of drug-likeness (QED) is 0.609. The molecule has 1 heterocycles. The van der Waals surface area contributed by atoms with Gasteiger partial charge < -0.3 is 4.84 Å². The van der Waals surface area contributed by atoms with E-state index in [1.54, 1.807) is 0 Å². The number of rotatable bonds is 1. The van der Waals surface area contributed by atoms with E-state index < -0.39 is 6.10 Å². The Bertz CT molecular complexity index is 371. The summed E-state index contributed by atoms with van der Waals surface area (Å²) in [4.78, 5) is 15.6. The van der Waals surface area contributed by atoms with Gasteiger partial charge in [-0.2, -0.15) is 0 Å². The lowest BCUT2D eigenvalue weighted by Gasteiger charge is -2.18. The van der Waals surface area contributed by atoms with Crippen molar-refractivity contribution in [2.24, 2.45) is 5.16 Å². The Kier molecular flexibility index (Phi) is 1.85. The number of hydrogen-bond acceptors (Lipinski definition) is 3. The summed E-state index contributed by atoms with van der Waals surface area (Å²) in [5.41, 5.74) is 2.70. The van der Waals surface area contributed by atoms with Gasteiger partial charge in [0.25, 0.3) is 0 Å². The molecule has 0 fully saturated rings. The Morgan fingerprint density at radius 3 is 3.00 bits per heavy atom. The van der Waals surface area contributed by atoms with Crippen molar-refractivity contribution in [3.63, 3.8) is 0 Å². The van der Waals surface area contributed by atoms with Crippen LogP contribution in [0.2, 0.25) is 0 Å². The molecule has 0 aromatic heterocycles. The molecule has 1 unspecified atom stereocenters. The molecule has 3 nitrogen and oxygen atoms in total. The highest BCUT2D eigenvalue weighted by Gasteiger charge is 2.21. The van der Waals surface area contributed by atoms with Crippen molar-refractivity contribution in [1.82, 2.24) is 0 Å². The smallest absolute Gasteiger partial charge is 0.208 e. The van der Waals surface area contributed by atoms with Crippen LogP contribution in [0.15, 0.2) is 29.4 Å². The molecule has 2 rings (SSSR count). The van der Waals surface area contributed by atoms with Crippen molar-refractivity contribution >= 4 is 12.0 Å². The molecule has 0 amide bonds. The van der Waals surface area contributed by atoms with Crippen molar-refractivity contribution in [3.05, 3.63) is 35.4 Å². The highest BCUT2D eigenvalue weighted by Crippen LogP contribution is 2.24. The fourth-order valence-corrected chi connectivity index (χ4v) is 1.41. The molecule has 1 aliphatic rings. The lowest BCUT2D eigenvalue weighted by atomic mass is 9.99. The first kappa shape index (κ1) is 7.98. The standard InChI is InChI=1S/C10H9NO2/c1-7-8-4-2-3-5-9(8)10(6-12)13-11-7/h2-6,10H,1H3. The first-order chi connectivity index (χ1) is 6.33. The van der Waals surface area contributed by atoms with Crippen LogP contribution < -0.4 is 0 Å². The van der Waals surface area contributed by atoms with Crippen LogP contribution in [0.25, 0.3) is 0 Å². The maximum Gasteiger partial charge on any atom is 0.208 e. The van der Waals surface area contributed by atoms with Gasteiger partial charge in [0.1, 0.15) is 0 Å². The van der Waals surface area contributed by atoms with Gasteiger partial charge in [-0.1, -0.05) is 29.4 Å². The van der Waals surface area contributed by atoms with Gasteiger partial charge >= 0.3 is 0 Å². The second-order valence-corrected chi connectivity index (χ2v) is 2.93. The predicted molar refractivity (Wildman–Crippen MR) is 48.5 cm³/mol. The fourth-order valence-electron chi connectivity index (χ4n) is 1.41. The van der Waals surface area contributed by atoms with Gasteiger partial charge in [0.15, 0.2) is 6.29 Å². The van der Waals surface area contributed by atoms with Crippen LogP contribution >= 0.6 is 0 Å². The zero-order valence-corrected chi connectivity index (χ0v) is 7.23. The minimum atomic E-state index is -0.542. The average molecular weight is 175 g/mol. The van der Waals surface area contributed by atoms with E-state index in [0.29, 0.717) is 0 Å². The summed E-state index contributed by atoms with van der Waals surface area (Å²) in [7, 11) is 0. The molecule has 1 atom stereocenters. The predicted octanol–water partition coefficient (Wildman–Crippen LogP) is 1.68. The highest BCUT2D eigenvalue weighted by atomic mass is 16.6. The van der Waals surface area contributed by atoms with Crippen LogP contribution in [0.4, 0.5) is 0 Å². The lowest BCUT2D eigenvalue weighted by Crippen LogP contribution is -2.14. The summed E-state index contributed by atoms with van der Waals surface area (Å²) < 4.78 is 0. The number of fused-ring (bicyclic) bond motifs is 1. The van der Waals surface area contributed by atoms with Crippen LogP contribution in [0.1, 0.15) is 24.2 Å². The molecular formula is C10H9NO2. The van der Waals surface area contributed by atoms with Crippen molar-refractivity contribution < 1.29 is 9.63 Å². The third kappa shape index (κ3) is 1.22. The summed E-state index contributed by atoms with van der Waals surface area (Å²) in [6.07, 6.45) is 0.217. The van der Waals surface area contributed by atoms with Gasteiger partial charge in [0.05, 0.1) is 5.71 Å². The highest BCUT2D eigenvalue weighted by molar-refractivity contribution is 6.01.